The van der Waals surface area contributed by atoms with Gasteiger partial charge in [-0.15, -0.1) is 0 Å². The largest absolute Gasteiger partial charge is 0.299 e. The van der Waals surface area contributed by atoms with Crippen LogP contribution in [-0.2, 0) is 9.59 Å². The molecule has 4 aliphatic carbocycles. The normalized spacial score (nSPS) is 51.0. The quantitative estimate of drug-likeness (QED) is 0.667. The van der Waals surface area contributed by atoms with Gasteiger partial charge in [0.15, 0.2) is 5.78 Å². The van der Waals surface area contributed by atoms with Crippen molar-refractivity contribution in [3.05, 3.63) is 11.6 Å². The molecule has 0 amide bonds. The molecule has 0 aromatic rings. The molecular formula is C20H28O2. The van der Waals surface area contributed by atoms with Crippen molar-refractivity contribution in [2.45, 2.75) is 65.7 Å². The Kier molecular flexibility index (Phi) is 3.03. The molecule has 2 nitrogen and oxygen atoms in total. The van der Waals surface area contributed by atoms with Gasteiger partial charge in [0.05, 0.1) is 0 Å². The zero-order valence-corrected chi connectivity index (χ0v) is 14.2. The Morgan fingerprint density at radius 3 is 2.50 bits per heavy atom. The lowest BCUT2D eigenvalue weighted by molar-refractivity contribution is -0.133. The predicted molar refractivity (Wildman–Crippen MR) is 86.3 cm³/mol. The number of carbonyl (C=O) groups excluding carboxylic acids is 2. The van der Waals surface area contributed by atoms with Gasteiger partial charge in [0.2, 0.25) is 0 Å². The van der Waals surface area contributed by atoms with E-state index >= 15 is 0 Å². The predicted octanol–water partition coefficient (Wildman–Crippen LogP) is 4.33. The molecule has 3 fully saturated rings. The summed E-state index contributed by atoms with van der Waals surface area (Å²) in [6, 6.07) is 0. The Morgan fingerprint density at radius 1 is 1.00 bits per heavy atom. The van der Waals surface area contributed by atoms with Gasteiger partial charge >= 0.3 is 0 Å². The highest BCUT2D eigenvalue weighted by Gasteiger charge is 2.59. The summed E-state index contributed by atoms with van der Waals surface area (Å²) >= 11 is 0. The van der Waals surface area contributed by atoms with E-state index in [1.807, 2.05) is 6.08 Å². The van der Waals surface area contributed by atoms with Gasteiger partial charge < -0.3 is 0 Å². The van der Waals surface area contributed by atoms with Gasteiger partial charge in [-0.1, -0.05) is 26.3 Å². The minimum atomic E-state index is -0.0329. The third-order valence-electron chi connectivity index (χ3n) is 7.98. The average molecular weight is 300 g/mol. The monoisotopic (exact) mass is 300 g/mol. The highest BCUT2D eigenvalue weighted by atomic mass is 16.1. The molecule has 4 aliphatic rings. The standard InChI is InChI=1S/C20H28O2/c1-12-11-20(3)13(10-17(12)21)4-5-14-15-6-7-18(22)19(15,2)9-8-16(14)20/h10,12,14-16H,4-9,11H2,1-3H3/t12?,14-,15-,16-,19-,20-/m0/s1. The molecule has 0 aliphatic heterocycles. The molecule has 0 aromatic heterocycles. The summed E-state index contributed by atoms with van der Waals surface area (Å²) < 4.78 is 0. The second-order valence-electron chi connectivity index (χ2n) is 8.93. The van der Waals surface area contributed by atoms with Crippen LogP contribution in [0.5, 0.6) is 0 Å². The molecule has 4 rings (SSSR count). The Labute approximate surface area is 133 Å². The van der Waals surface area contributed by atoms with Crippen molar-refractivity contribution in [1.29, 1.82) is 0 Å². The zero-order chi connectivity index (χ0) is 15.7. The molecule has 0 spiro atoms. The van der Waals surface area contributed by atoms with E-state index in [2.05, 4.69) is 20.8 Å². The van der Waals surface area contributed by atoms with Crippen LogP contribution in [0.2, 0.25) is 0 Å². The van der Waals surface area contributed by atoms with E-state index in [1.54, 1.807) is 0 Å². The summed E-state index contributed by atoms with van der Waals surface area (Å²) in [7, 11) is 0. The maximum atomic E-state index is 12.4. The van der Waals surface area contributed by atoms with Crippen LogP contribution in [0, 0.1) is 34.5 Å². The number of fused-ring (bicyclic) bond motifs is 5. The molecule has 0 heterocycles. The molecule has 6 atom stereocenters. The van der Waals surface area contributed by atoms with E-state index in [0.717, 1.165) is 32.1 Å². The molecule has 22 heavy (non-hydrogen) atoms. The molecule has 0 N–H and O–H groups in total. The van der Waals surface area contributed by atoms with Crippen molar-refractivity contribution in [2.24, 2.45) is 34.5 Å². The summed E-state index contributed by atoms with van der Waals surface area (Å²) in [4.78, 5) is 24.5. The second-order valence-corrected chi connectivity index (χ2v) is 8.93. The Bertz CT molecular complexity index is 574. The molecule has 3 saturated carbocycles. The summed E-state index contributed by atoms with van der Waals surface area (Å²) in [5, 5.41) is 0. The topological polar surface area (TPSA) is 34.1 Å². The van der Waals surface area contributed by atoms with Gasteiger partial charge in [-0.05, 0) is 67.8 Å². The maximum absolute atomic E-state index is 12.4. The SMILES string of the molecule is CC1C[C@@]2(C)C(=CC1=O)CC[C@@H]1[C@@H]2CC[C@]2(C)C(=O)CC[C@@H]12. The van der Waals surface area contributed by atoms with E-state index < -0.39 is 0 Å². The molecule has 0 saturated heterocycles. The van der Waals surface area contributed by atoms with Crippen LogP contribution >= 0.6 is 0 Å². The number of allylic oxidation sites excluding steroid dienone is 1. The summed E-state index contributed by atoms with van der Waals surface area (Å²) in [6.07, 6.45) is 9.45. The first-order valence-electron chi connectivity index (χ1n) is 9.14. The first-order valence-corrected chi connectivity index (χ1v) is 9.14. The molecule has 120 valence electrons. The van der Waals surface area contributed by atoms with E-state index in [1.165, 1.54) is 18.4 Å². The van der Waals surface area contributed by atoms with Crippen molar-refractivity contribution in [2.75, 3.05) is 0 Å². The van der Waals surface area contributed by atoms with Crippen LogP contribution in [0.4, 0.5) is 0 Å². The first kappa shape index (κ1) is 14.7. The zero-order valence-electron chi connectivity index (χ0n) is 14.2. The number of rotatable bonds is 0. The number of Topliss-reactive ketones (excluding diaryl/α,β-unsaturated/α-hetero) is 1. The smallest absolute Gasteiger partial charge is 0.158 e. The van der Waals surface area contributed by atoms with Gasteiger partial charge in [0, 0.05) is 17.8 Å². The first-order chi connectivity index (χ1) is 10.4. The lowest BCUT2D eigenvalue weighted by Gasteiger charge is -2.57. The molecule has 0 aromatic carbocycles. The Morgan fingerprint density at radius 2 is 1.73 bits per heavy atom. The van der Waals surface area contributed by atoms with Crippen molar-refractivity contribution >= 4 is 11.6 Å². The Hall–Kier alpha value is -0.920. The van der Waals surface area contributed by atoms with Gasteiger partial charge in [-0.25, -0.2) is 0 Å². The average Bonchev–Trinajstić information content (AvgIpc) is 2.77. The molecule has 1 unspecified atom stereocenters. The minimum Gasteiger partial charge on any atom is -0.299 e. The summed E-state index contributed by atoms with van der Waals surface area (Å²) in [5.41, 5.74) is 1.60. The highest BCUT2D eigenvalue weighted by Crippen LogP contribution is 2.64. The fourth-order valence-electron chi connectivity index (χ4n) is 6.67. The van der Waals surface area contributed by atoms with Crippen LogP contribution in [0.15, 0.2) is 11.6 Å². The van der Waals surface area contributed by atoms with Gasteiger partial charge in [0.1, 0.15) is 5.78 Å². The lowest BCUT2D eigenvalue weighted by atomic mass is 9.47. The third kappa shape index (κ3) is 1.73. The number of ketones is 2. The minimum absolute atomic E-state index is 0.0329. The number of hydrogen-bond acceptors (Lipinski definition) is 2. The van der Waals surface area contributed by atoms with Crippen LogP contribution in [0.3, 0.4) is 0 Å². The van der Waals surface area contributed by atoms with Crippen molar-refractivity contribution in [3.8, 4) is 0 Å². The number of carbonyl (C=O) groups is 2. The molecule has 2 heteroatoms. The third-order valence-corrected chi connectivity index (χ3v) is 7.98. The molecular weight excluding hydrogens is 272 g/mol. The number of hydrogen-bond donors (Lipinski definition) is 0. The second kappa shape index (κ2) is 4.55. The van der Waals surface area contributed by atoms with Crippen LogP contribution in [0.1, 0.15) is 65.7 Å². The van der Waals surface area contributed by atoms with Gasteiger partial charge in [-0.2, -0.15) is 0 Å². The van der Waals surface area contributed by atoms with E-state index in [9.17, 15) is 9.59 Å². The van der Waals surface area contributed by atoms with Crippen LogP contribution in [0.25, 0.3) is 0 Å². The van der Waals surface area contributed by atoms with Crippen LogP contribution in [-0.4, -0.2) is 11.6 Å². The summed E-state index contributed by atoms with van der Waals surface area (Å²) in [5.74, 6) is 3.02. The fourth-order valence-corrected chi connectivity index (χ4v) is 6.67. The highest BCUT2D eigenvalue weighted by molar-refractivity contribution is 5.93. The fraction of sp³-hybridized carbons (Fsp3) is 0.800. The summed E-state index contributed by atoms with van der Waals surface area (Å²) in [6.45, 7) is 6.75. The van der Waals surface area contributed by atoms with Gasteiger partial charge in [-0.3, -0.25) is 9.59 Å². The van der Waals surface area contributed by atoms with Crippen molar-refractivity contribution in [3.63, 3.8) is 0 Å². The Balaban J connectivity index is 1.71. The molecule has 0 bridgehead atoms. The maximum Gasteiger partial charge on any atom is 0.158 e. The van der Waals surface area contributed by atoms with Crippen molar-refractivity contribution in [1.82, 2.24) is 0 Å². The van der Waals surface area contributed by atoms with Gasteiger partial charge in [0.25, 0.3) is 0 Å². The molecule has 0 radical (unpaired) electrons. The lowest BCUT2D eigenvalue weighted by Crippen LogP contribution is -2.51. The van der Waals surface area contributed by atoms with E-state index in [-0.39, 0.29) is 16.7 Å². The van der Waals surface area contributed by atoms with E-state index in [4.69, 9.17) is 0 Å². The van der Waals surface area contributed by atoms with Crippen molar-refractivity contribution < 1.29 is 9.59 Å². The van der Waals surface area contributed by atoms with E-state index in [0.29, 0.717) is 29.3 Å². The van der Waals surface area contributed by atoms with Crippen LogP contribution < -0.4 is 0 Å².